The zero-order valence-electron chi connectivity index (χ0n) is 11.5. The first-order valence-electron chi connectivity index (χ1n) is 7.26. The summed E-state index contributed by atoms with van der Waals surface area (Å²) >= 11 is 0. The minimum atomic E-state index is 0.669. The van der Waals surface area contributed by atoms with Gasteiger partial charge in [-0.3, -0.25) is 4.90 Å². The van der Waals surface area contributed by atoms with E-state index in [1.165, 1.54) is 25.1 Å². The molecule has 1 fully saturated rings. The lowest BCUT2D eigenvalue weighted by Crippen LogP contribution is -2.38. The molecule has 3 atom stereocenters. The molecule has 0 spiro atoms. The molecule has 1 aromatic carbocycles. The Morgan fingerprint density at radius 1 is 1.28 bits per heavy atom. The summed E-state index contributed by atoms with van der Waals surface area (Å²) in [4.78, 5) is 2.68. The average Bonchev–Trinajstić information content (AvgIpc) is 2.68. The Bertz CT molecular complexity index is 415. The van der Waals surface area contributed by atoms with E-state index in [9.17, 15) is 0 Å². The van der Waals surface area contributed by atoms with Gasteiger partial charge in [-0.2, -0.15) is 0 Å². The molecule has 0 aromatic heterocycles. The maximum atomic E-state index is 3.56. The average molecular weight is 244 g/mol. The number of nitrogens with zero attached hydrogens (tertiary/aromatic N) is 1. The van der Waals surface area contributed by atoms with Crippen molar-refractivity contribution in [1.29, 1.82) is 0 Å². The first-order valence-corrected chi connectivity index (χ1v) is 7.26. The van der Waals surface area contributed by atoms with Gasteiger partial charge in [0.2, 0.25) is 0 Å². The molecule has 0 bridgehead atoms. The third kappa shape index (κ3) is 2.32. The lowest BCUT2D eigenvalue weighted by molar-refractivity contribution is 0.242. The summed E-state index contributed by atoms with van der Waals surface area (Å²) in [6.45, 7) is 9.43. The predicted molar refractivity (Wildman–Crippen MR) is 75.7 cm³/mol. The maximum absolute atomic E-state index is 3.56. The van der Waals surface area contributed by atoms with Crippen molar-refractivity contribution < 1.29 is 0 Å². The molecule has 2 nitrogen and oxygen atoms in total. The fourth-order valence-corrected chi connectivity index (χ4v) is 3.67. The van der Waals surface area contributed by atoms with Gasteiger partial charge in [0.1, 0.15) is 0 Å². The molecule has 3 unspecified atom stereocenters. The Morgan fingerprint density at radius 3 is 2.89 bits per heavy atom. The van der Waals surface area contributed by atoms with Gasteiger partial charge in [-0.05, 0) is 30.4 Å². The minimum absolute atomic E-state index is 0.669. The Morgan fingerprint density at radius 2 is 2.11 bits per heavy atom. The Kier molecular flexibility index (Phi) is 3.40. The van der Waals surface area contributed by atoms with Crippen LogP contribution >= 0.6 is 0 Å². The van der Waals surface area contributed by atoms with E-state index in [0.29, 0.717) is 5.92 Å². The van der Waals surface area contributed by atoms with Crippen molar-refractivity contribution in [3.05, 3.63) is 35.4 Å². The summed E-state index contributed by atoms with van der Waals surface area (Å²) in [7, 11) is 0. The Balaban J connectivity index is 1.74. The van der Waals surface area contributed by atoms with Gasteiger partial charge in [0.15, 0.2) is 0 Å². The highest BCUT2D eigenvalue weighted by Gasteiger charge is 2.29. The number of hydrogen-bond acceptors (Lipinski definition) is 2. The zero-order chi connectivity index (χ0) is 12.5. The summed E-state index contributed by atoms with van der Waals surface area (Å²) in [5.74, 6) is 1.54. The van der Waals surface area contributed by atoms with Gasteiger partial charge < -0.3 is 5.32 Å². The summed E-state index contributed by atoms with van der Waals surface area (Å²) in [5.41, 5.74) is 3.07. The molecule has 0 radical (unpaired) electrons. The predicted octanol–water partition coefficient (Wildman–Crippen LogP) is 2.60. The lowest BCUT2D eigenvalue weighted by Gasteiger charge is -2.31. The first kappa shape index (κ1) is 12.2. The molecule has 0 aliphatic carbocycles. The highest BCUT2D eigenvalue weighted by atomic mass is 15.2. The van der Waals surface area contributed by atoms with Crippen LogP contribution < -0.4 is 5.32 Å². The summed E-state index contributed by atoms with van der Waals surface area (Å²) in [5, 5.41) is 3.56. The van der Waals surface area contributed by atoms with Gasteiger partial charge in [0.05, 0.1) is 0 Å². The molecule has 18 heavy (non-hydrogen) atoms. The second kappa shape index (κ2) is 5.02. The number of rotatable bonds is 2. The van der Waals surface area contributed by atoms with E-state index in [2.05, 4.69) is 48.3 Å². The number of benzene rings is 1. The van der Waals surface area contributed by atoms with Crippen molar-refractivity contribution in [2.24, 2.45) is 5.92 Å². The molecule has 3 rings (SSSR count). The second-order valence-electron chi connectivity index (χ2n) is 6.17. The van der Waals surface area contributed by atoms with E-state index in [0.717, 1.165) is 25.0 Å². The van der Waals surface area contributed by atoms with E-state index < -0.39 is 0 Å². The summed E-state index contributed by atoms with van der Waals surface area (Å²) in [6, 6.07) is 9.70. The largest absolute Gasteiger partial charge is 0.312 e. The van der Waals surface area contributed by atoms with Crippen molar-refractivity contribution in [3.63, 3.8) is 0 Å². The van der Waals surface area contributed by atoms with E-state index in [1.54, 1.807) is 5.56 Å². The van der Waals surface area contributed by atoms with Crippen LogP contribution in [0.15, 0.2) is 24.3 Å². The van der Waals surface area contributed by atoms with Crippen molar-refractivity contribution >= 4 is 0 Å². The third-order valence-electron chi connectivity index (χ3n) is 4.57. The number of likely N-dealkylation sites (tertiary alicyclic amines) is 1. The number of nitrogens with one attached hydrogen (secondary N) is 1. The van der Waals surface area contributed by atoms with Crippen LogP contribution in [0.2, 0.25) is 0 Å². The fraction of sp³-hybridized carbons (Fsp3) is 0.625. The van der Waals surface area contributed by atoms with Gasteiger partial charge in [0.25, 0.3) is 0 Å². The van der Waals surface area contributed by atoms with Crippen LogP contribution in [0.1, 0.15) is 37.3 Å². The van der Waals surface area contributed by atoms with E-state index in [4.69, 9.17) is 0 Å². The van der Waals surface area contributed by atoms with Crippen LogP contribution in [0.3, 0.4) is 0 Å². The fourth-order valence-electron chi connectivity index (χ4n) is 3.67. The van der Waals surface area contributed by atoms with E-state index in [1.807, 2.05) is 0 Å². The SMILES string of the molecule is CC1CC(C)N(CC2CNCc3ccccc32)C1. The molecule has 1 N–H and O–H groups in total. The van der Waals surface area contributed by atoms with Gasteiger partial charge in [0, 0.05) is 38.1 Å². The normalized spacial score (nSPS) is 32.4. The summed E-state index contributed by atoms with van der Waals surface area (Å²) < 4.78 is 0. The third-order valence-corrected chi connectivity index (χ3v) is 4.57. The molecule has 98 valence electrons. The maximum Gasteiger partial charge on any atom is 0.0208 e. The van der Waals surface area contributed by atoms with Gasteiger partial charge in [-0.25, -0.2) is 0 Å². The molecular weight excluding hydrogens is 220 g/mol. The van der Waals surface area contributed by atoms with Crippen LogP contribution in [0.5, 0.6) is 0 Å². The molecule has 0 saturated carbocycles. The molecule has 2 aliphatic rings. The van der Waals surface area contributed by atoms with Gasteiger partial charge in [-0.1, -0.05) is 31.2 Å². The number of fused-ring (bicyclic) bond motifs is 1. The lowest BCUT2D eigenvalue weighted by atomic mass is 9.90. The molecular formula is C16H24N2. The molecule has 2 aliphatic heterocycles. The number of hydrogen-bond donors (Lipinski definition) is 1. The smallest absolute Gasteiger partial charge is 0.0208 e. The molecule has 2 heteroatoms. The zero-order valence-corrected chi connectivity index (χ0v) is 11.5. The Labute approximate surface area is 110 Å². The van der Waals surface area contributed by atoms with E-state index >= 15 is 0 Å². The minimum Gasteiger partial charge on any atom is -0.312 e. The van der Waals surface area contributed by atoms with Crippen LogP contribution in [-0.2, 0) is 6.54 Å². The summed E-state index contributed by atoms with van der Waals surface area (Å²) in [6.07, 6.45) is 1.36. The Hall–Kier alpha value is -0.860. The van der Waals surface area contributed by atoms with Crippen molar-refractivity contribution in [3.8, 4) is 0 Å². The second-order valence-corrected chi connectivity index (χ2v) is 6.17. The van der Waals surface area contributed by atoms with Gasteiger partial charge in [-0.15, -0.1) is 0 Å². The van der Waals surface area contributed by atoms with Crippen molar-refractivity contribution in [2.75, 3.05) is 19.6 Å². The van der Waals surface area contributed by atoms with Crippen LogP contribution in [-0.4, -0.2) is 30.6 Å². The first-order chi connectivity index (χ1) is 8.74. The van der Waals surface area contributed by atoms with Crippen molar-refractivity contribution in [1.82, 2.24) is 10.2 Å². The molecule has 1 aromatic rings. The standard InChI is InChI=1S/C16H24N2/c1-12-7-13(2)18(10-12)11-15-9-17-8-14-5-3-4-6-16(14)15/h3-6,12-13,15,17H,7-11H2,1-2H3. The molecule has 0 amide bonds. The molecule has 2 heterocycles. The quantitative estimate of drug-likeness (QED) is 0.860. The van der Waals surface area contributed by atoms with Crippen LogP contribution in [0, 0.1) is 5.92 Å². The highest BCUT2D eigenvalue weighted by molar-refractivity contribution is 5.33. The topological polar surface area (TPSA) is 15.3 Å². The highest BCUT2D eigenvalue weighted by Crippen LogP contribution is 2.29. The van der Waals surface area contributed by atoms with Crippen LogP contribution in [0.4, 0.5) is 0 Å². The van der Waals surface area contributed by atoms with E-state index in [-0.39, 0.29) is 0 Å². The van der Waals surface area contributed by atoms with Crippen molar-refractivity contribution in [2.45, 2.75) is 38.8 Å². The molecule has 1 saturated heterocycles. The van der Waals surface area contributed by atoms with Gasteiger partial charge >= 0.3 is 0 Å². The monoisotopic (exact) mass is 244 g/mol. The van der Waals surface area contributed by atoms with Crippen LogP contribution in [0.25, 0.3) is 0 Å².